The minimum Gasteiger partial charge on any atom is -0.386 e. The first kappa shape index (κ1) is 6.75. The molecule has 1 aliphatic rings. The Balaban J connectivity index is 2.81. The summed E-state index contributed by atoms with van der Waals surface area (Å²) in [6.07, 6.45) is 1.11. The molecule has 0 saturated heterocycles. The fourth-order valence-corrected chi connectivity index (χ4v) is 0.699. The van der Waals surface area contributed by atoms with Gasteiger partial charge in [0.15, 0.2) is 0 Å². The van der Waals surface area contributed by atoms with Crippen LogP contribution in [0.3, 0.4) is 0 Å². The molecular weight excluding hydrogens is 133 g/mol. The Hall–Kier alpha value is -1.37. The second-order valence-corrected chi connectivity index (χ2v) is 2.02. The van der Waals surface area contributed by atoms with Crippen LogP contribution in [0.1, 0.15) is 6.42 Å². The Bertz CT molecular complexity index is 236. The lowest BCUT2D eigenvalue weighted by atomic mass is 10.0. The highest BCUT2D eigenvalue weighted by molar-refractivity contribution is 5.86. The molecule has 1 unspecified atom stereocenters. The van der Waals surface area contributed by atoms with Crippen LogP contribution in [0.5, 0.6) is 0 Å². The molecule has 0 fully saturated rings. The Morgan fingerprint density at radius 1 is 1.90 bits per heavy atom. The van der Waals surface area contributed by atoms with Crippen molar-refractivity contribution in [1.82, 2.24) is 0 Å². The predicted molar refractivity (Wildman–Crippen MR) is 34.5 cm³/mol. The summed E-state index contributed by atoms with van der Waals surface area (Å²) in [4.78, 5) is 3.50. The van der Waals surface area contributed by atoms with Gasteiger partial charge in [-0.3, -0.25) is 0 Å². The standard InChI is InChI=1S/C6H6FN3/c7-5-1-4(2-8)6(9)10-3-5/h3-4H,1H2,(H2,9,10). The van der Waals surface area contributed by atoms with Gasteiger partial charge in [-0.1, -0.05) is 0 Å². The van der Waals surface area contributed by atoms with Crippen LogP contribution in [-0.2, 0) is 0 Å². The van der Waals surface area contributed by atoms with Crippen LogP contribution in [0.25, 0.3) is 0 Å². The molecule has 10 heavy (non-hydrogen) atoms. The van der Waals surface area contributed by atoms with E-state index in [1.54, 1.807) is 0 Å². The molecule has 0 amide bonds. The number of amidine groups is 1. The molecule has 0 bridgehead atoms. The van der Waals surface area contributed by atoms with E-state index in [0.29, 0.717) is 0 Å². The highest BCUT2D eigenvalue weighted by Crippen LogP contribution is 2.16. The van der Waals surface area contributed by atoms with Crippen molar-refractivity contribution in [3.05, 3.63) is 12.0 Å². The number of allylic oxidation sites excluding steroid dienone is 1. The summed E-state index contributed by atoms with van der Waals surface area (Å²) >= 11 is 0. The molecule has 0 saturated carbocycles. The summed E-state index contributed by atoms with van der Waals surface area (Å²) in [5, 5.41) is 8.37. The van der Waals surface area contributed by atoms with Gasteiger partial charge in [0.1, 0.15) is 17.6 Å². The van der Waals surface area contributed by atoms with Crippen LogP contribution in [0, 0.1) is 17.2 Å². The average molecular weight is 139 g/mol. The van der Waals surface area contributed by atoms with Crippen LogP contribution >= 0.6 is 0 Å². The second kappa shape index (κ2) is 2.48. The maximum atomic E-state index is 12.3. The van der Waals surface area contributed by atoms with E-state index in [4.69, 9.17) is 11.0 Å². The highest BCUT2D eigenvalue weighted by Gasteiger charge is 2.17. The second-order valence-electron chi connectivity index (χ2n) is 2.02. The van der Waals surface area contributed by atoms with E-state index in [2.05, 4.69) is 4.99 Å². The van der Waals surface area contributed by atoms with Gasteiger partial charge < -0.3 is 5.73 Å². The molecule has 0 aromatic rings. The zero-order chi connectivity index (χ0) is 7.56. The smallest absolute Gasteiger partial charge is 0.120 e. The molecule has 1 heterocycles. The van der Waals surface area contributed by atoms with Crippen molar-refractivity contribution in [2.75, 3.05) is 0 Å². The molecule has 52 valence electrons. The maximum absolute atomic E-state index is 12.3. The van der Waals surface area contributed by atoms with Crippen LogP contribution in [0.4, 0.5) is 4.39 Å². The highest BCUT2D eigenvalue weighted by atomic mass is 19.1. The third-order valence-electron chi connectivity index (χ3n) is 1.27. The lowest BCUT2D eigenvalue weighted by Crippen LogP contribution is -2.24. The number of halogens is 1. The first-order valence-electron chi connectivity index (χ1n) is 2.81. The molecule has 3 nitrogen and oxygen atoms in total. The lowest BCUT2D eigenvalue weighted by molar-refractivity contribution is 0.561. The fourth-order valence-electron chi connectivity index (χ4n) is 0.699. The van der Waals surface area contributed by atoms with E-state index in [1.807, 2.05) is 6.07 Å². The Morgan fingerprint density at radius 3 is 3.10 bits per heavy atom. The SMILES string of the molecule is N#CC1CC(F)=CN=C1N. The number of hydrogen-bond acceptors (Lipinski definition) is 3. The van der Waals surface area contributed by atoms with Crippen molar-refractivity contribution >= 4 is 5.84 Å². The van der Waals surface area contributed by atoms with Crippen molar-refractivity contribution in [1.29, 1.82) is 5.26 Å². The van der Waals surface area contributed by atoms with Crippen molar-refractivity contribution in [3.63, 3.8) is 0 Å². The predicted octanol–water partition coefficient (Wildman–Crippen LogP) is 0.698. The summed E-state index contributed by atoms with van der Waals surface area (Å²) in [5.41, 5.74) is 5.27. The molecule has 1 atom stereocenters. The van der Waals surface area contributed by atoms with E-state index >= 15 is 0 Å². The number of hydrogen-bond donors (Lipinski definition) is 1. The average Bonchev–Trinajstić information content (AvgIpc) is 1.94. The van der Waals surface area contributed by atoms with E-state index < -0.39 is 5.92 Å². The Kier molecular flexibility index (Phi) is 1.67. The minimum atomic E-state index is -0.579. The summed E-state index contributed by atoms with van der Waals surface area (Å²) < 4.78 is 12.3. The summed E-state index contributed by atoms with van der Waals surface area (Å²) in [6.45, 7) is 0. The van der Waals surface area contributed by atoms with Crippen molar-refractivity contribution in [2.45, 2.75) is 6.42 Å². The van der Waals surface area contributed by atoms with Gasteiger partial charge in [-0.15, -0.1) is 0 Å². The number of nitrogens with two attached hydrogens (primary N) is 1. The maximum Gasteiger partial charge on any atom is 0.120 e. The number of rotatable bonds is 0. The monoisotopic (exact) mass is 139 g/mol. The molecule has 1 aliphatic heterocycles. The third kappa shape index (κ3) is 1.13. The van der Waals surface area contributed by atoms with E-state index in [0.717, 1.165) is 6.20 Å². The van der Waals surface area contributed by atoms with Gasteiger partial charge in [0, 0.05) is 6.42 Å². The minimum absolute atomic E-state index is 0.0613. The zero-order valence-electron chi connectivity index (χ0n) is 5.21. The number of aliphatic imine (C=N–C) groups is 1. The van der Waals surface area contributed by atoms with Crippen LogP contribution in [-0.4, -0.2) is 5.84 Å². The normalized spacial score (nSPS) is 24.6. The molecule has 0 aromatic carbocycles. The first-order chi connectivity index (χ1) is 4.74. The van der Waals surface area contributed by atoms with E-state index in [-0.39, 0.29) is 18.1 Å². The van der Waals surface area contributed by atoms with E-state index in [9.17, 15) is 4.39 Å². The van der Waals surface area contributed by atoms with E-state index in [1.165, 1.54) is 0 Å². The molecule has 2 N–H and O–H groups in total. The third-order valence-corrected chi connectivity index (χ3v) is 1.27. The Morgan fingerprint density at radius 2 is 2.60 bits per heavy atom. The molecule has 0 aliphatic carbocycles. The topological polar surface area (TPSA) is 62.2 Å². The lowest BCUT2D eigenvalue weighted by Gasteiger charge is -2.09. The quantitative estimate of drug-likeness (QED) is 0.536. The van der Waals surface area contributed by atoms with Gasteiger partial charge in [-0.25, -0.2) is 9.38 Å². The summed E-state index contributed by atoms with van der Waals surface area (Å²) in [5.74, 6) is -0.769. The van der Waals surface area contributed by atoms with Crippen LogP contribution in [0.15, 0.2) is 17.0 Å². The fraction of sp³-hybridized carbons (Fsp3) is 0.333. The number of nitriles is 1. The first-order valence-corrected chi connectivity index (χ1v) is 2.81. The molecule has 0 radical (unpaired) electrons. The molecule has 0 aromatic heterocycles. The Labute approximate surface area is 57.7 Å². The van der Waals surface area contributed by atoms with Crippen LogP contribution in [0.2, 0.25) is 0 Å². The van der Waals surface area contributed by atoms with Crippen molar-refractivity contribution < 1.29 is 4.39 Å². The molecule has 1 rings (SSSR count). The van der Waals surface area contributed by atoms with Crippen LogP contribution < -0.4 is 5.73 Å². The van der Waals surface area contributed by atoms with Gasteiger partial charge in [-0.2, -0.15) is 5.26 Å². The summed E-state index contributed by atoms with van der Waals surface area (Å²) in [7, 11) is 0. The van der Waals surface area contributed by atoms with Gasteiger partial charge in [0.05, 0.1) is 12.3 Å². The van der Waals surface area contributed by atoms with Gasteiger partial charge >= 0.3 is 0 Å². The zero-order valence-corrected chi connectivity index (χ0v) is 5.21. The van der Waals surface area contributed by atoms with Gasteiger partial charge in [-0.05, 0) is 0 Å². The molecule has 4 heteroatoms. The molecule has 0 spiro atoms. The summed E-state index contributed by atoms with van der Waals surface area (Å²) in [6, 6.07) is 1.85. The molecular formula is C6H6FN3. The van der Waals surface area contributed by atoms with Crippen molar-refractivity contribution in [2.24, 2.45) is 16.6 Å². The van der Waals surface area contributed by atoms with Gasteiger partial charge in [0.2, 0.25) is 0 Å². The van der Waals surface area contributed by atoms with Crippen molar-refractivity contribution in [3.8, 4) is 6.07 Å². The largest absolute Gasteiger partial charge is 0.386 e. The number of nitrogens with zero attached hydrogens (tertiary/aromatic N) is 2. The van der Waals surface area contributed by atoms with Gasteiger partial charge in [0.25, 0.3) is 0 Å².